The molecule has 0 bridgehead atoms. The number of nitriles is 1. The fourth-order valence-corrected chi connectivity index (χ4v) is 2.58. The maximum Gasteiger partial charge on any atom is 0.335 e. The first-order valence-corrected chi connectivity index (χ1v) is 7.80. The van der Waals surface area contributed by atoms with Gasteiger partial charge in [-0.1, -0.05) is 12.1 Å². The lowest BCUT2D eigenvalue weighted by atomic mass is 10.1. The number of benzene rings is 2. The summed E-state index contributed by atoms with van der Waals surface area (Å²) in [6.45, 7) is 0.144. The summed E-state index contributed by atoms with van der Waals surface area (Å²) in [5, 5.41) is 18.5. The molecule has 3 rings (SSSR count). The number of aromatic carboxylic acids is 1. The third-order valence-electron chi connectivity index (χ3n) is 3.85. The Labute approximate surface area is 150 Å². The van der Waals surface area contributed by atoms with E-state index in [0.29, 0.717) is 11.3 Å². The molecule has 0 aliphatic heterocycles. The molecule has 0 saturated carbocycles. The van der Waals surface area contributed by atoms with Gasteiger partial charge in [0.25, 0.3) is 0 Å². The number of nitrogens with zero attached hydrogens (tertiary/aromatic N) is 2. The zero-order chi connectivity index (χ0) is 18.5. The van der Waals surface area contributed by atoms with Gasteiger partial charge < -0.3 is 19.1 Å². The smallest absolute Gasteiger partial charge is 0.335 e. The summed E-state index contributed by atoms with van der Waals surface area (Å²) in [5.41, 5.74) is 3.10. The predicted molar refractivity (Wildman–Crippen MR) is 95.4 cm³/mol. The highest BCUT2D eigenvalue weighted by Crippen LogP contribution is 2.29. The number of hydrogen-bond donors (Lipinski definition) is 1. The molecular formula is C20H16N2O4. The van der Waals surface area contributed by atoms with Gasteiger partial charge in [-0.25, -0.2) is 4.79 Å². The Morgan fingerprint density at radius 2 is 1.96 bits per heavy atom. The van der Waals surface area contributed by atoms with Crippen molar-refractivity contribution in [3.8, 4) is 28.6 Å². The molecule has 0 saturated heterocycles. The van der Waals surface area contributed by atoms with Crippen LogP contribution >= 0.6 is 0 Å². The lowest BCUT2D eigenvalue weighted by Gasteiger charge is -2.06. The van der Waals surface area contributed by atoms with Crippen molar-refractivity contribution in [1.29, 1.82) is 5.26 Å². The van der Waals surface area contributed by atoms with Gasteiger partial charge in [0.15, 0.2) is 6.79 Å². The standard InChI is InChI=1S/C20H16N2O4/c1-25-13-26-18-4-2-3-15(9-18)19-12-22(11-16(19)10-21)17-7-5-14(6-8-17)20(23)24/h2-9,11-12H,13H2,1H3,(H,23,24). The molecule has 0 fully saturated rings. The van der Waals surface area contributed by atoms with E-state index in [1.165, 1.54) is 12.1 Å². The molecule has 1 heterocycles. The van der Waals surface area contributed by atoms with E-state index in [1.807, 2.05) is 30.5 Å². The molecule has 0 aliphatic rings. The second-order valence-electron chi connectivity index (χ2n) is 5.54. The van der Waals surface area contributed by atoms with Crippen LogP contribution in [0.5, 0.6) is 5.75 Å². The van der Waals surface area contributed by atoms with Crippen LogP contribution < -0.4 is 4.74 Å². The Kier molecular flexibility index (Phi) is 5.02. The lowest BCUT2D eigenvalue weighted by molar-refractivity contribution is 0.0511. The van der Waals surface area contributed by atoms with Crippen molar-refractivity contribution in [2.24, 2.45) is 0 Å². The van der Waals surface area contributed by atoms with Crippen molar-refractivity contribution in [2.75, 3.05) is 13.9 Å². The fraction of sp³-hybridized carbons (Fsp3) is 0.100. The zero-order valence-corrected chi connectivity index (χ0v) is 14.0. The summed E-state index contributed by atoms with van der Waals surface area (Å²) >= 11 is 0. The molecule has 1 aromatic heterocycles. The summed E-state index contributed by atoms with van der Waals surface area (Å²) in [6, 6.07) is 16.1. The molecule has 1 N–H and O–H groups in total. The SMILES string of the molecule is COCOc1cccc(-c2cn(-c3ccc(C(=O)O)cc3)cc2C#N)c1. The van der Waals surface area contributed by atoms with Gasteiger partial charge in [-0.15, -0.1) is 0 Å². The van der Waals surface area contributed by atoms with Crippen molar-refractivity contribution >= 4 is 5.97 Å². The Morgan fingerprint density at radius 1 is 1.19 bits per heavy atom. The molecule has 2 aromatic carbocycles. The first kappa shape index (κ1) is 17.3. The molecule has 0 radical (unpaired) electrons. The van der Waals surface area contributed by atoms with Crippen molar-refractivity contribution < 1.29 is 19.4 Å². The van der Waals surface area contributed by atoms with Crippen LogP contribution in [-0.4, -0.2) is 29.5 Å². The van der Waals surface area contributed by atoms with E-state index >= 15 is 0 Å². The number of carbonyl (C=O) groups is 1. The molecule has 6 heteroatoms. The maximum atomic E-state index is 11.0. The van der Waals surface area contributed by atoms with Crippen molar-refractivity contribution in [3.05, 3.63) is 72.1 Å². The van der Waals surface area contributed by atoms with E-state index in [2.05, 4.69) is 6.07 Å². The van der Waals surface area contributed by atoms with E-state index in [1.54, 1.807) is 30.0 Å². The average Bonchev–Trinajstić information content (AvgIpc) is 3.11. The highest BCUT2D eigenvalue weighted by Gasteiger charge is 2.11. The largest absolute Gasteiger partial charge is 0.478 e. The number of aromatic nitrogens is 1. The highest BCUT2D eigenvalue weighted by molar-refractivity contribution is 5.87. The Bertz CT molecular complexity index is 968. The molecule has 3 aromatic rings. The minimum atomic E-state index is -0.977. The summed E-state index contributed by atoms with van der Waals surface area (Å²) in [4.78, 5) is 11.0. The molecular weight excluding hydrogens is 332 g/mol. The van der Waals surface area contributed by atoms with E-state index < -0.39 is 5.97 Å². The topological polar surface area (TPSA) is 84.5 Å². The molecule has 0 atom stereocenters. The second-order valence-corrected chi connectivity index (χ2v) is 5.54. The molecule has 130 valence electrons. The average molecular weight is 348 g/mol. The number of carboxylic acids is 1. The first-order valence-electron chi connectivity index (χ1n) is 7.80. The summed E-state index contributed by atoms with van der Waals surface area (Å²) < 4.78 is 12.1. The van der Waals surface area contributed by atoms with Crippen LogP contribution in [0.25, 0.3) is 16.8 Å². The lowest BCUT2D eigenvalue weighted by Crippen LogP contribution is -1.98. The monoisotopic (exact) mass is 348 g/mol. The Morgan fingerprint density at radius 3 is 2.62 bits per heavy atom. The number of ether oxygens (including phenoxy) is 2. The van der Waals surface area contributed by atoms with E-state index in [4.69, 9.17) is 14.6 Å². The molecule has 0 spiro atoms. The number of rotatable bonds is 6. The third-order valence-corrected chi connectivity index (χ3v) is 3.85. The molecule has 0 aliphatic carbocycles. The fourth-order valence-electron chi connectivity index (χ4n) is 2.58. The molecule has 6 nitrogen and oxygen atoms in total. The summed E-state index contributed by atoms with van der Waals surface area (Å²) in [6.07, 6.45) is 3.55. The van der Waals surface area contributed by atoms with Crippen LogP contribution in [-0.2, 0) is 4.74 Å². The van der Waals surface area contributed by atoms with Crippen molar-refractivity contribution in [1.82, 2.24) is 4.57 Å². The normalized spacial score (nSPS) is 10.3. The Balaban J connectivity index is 1.97. The zero-order valence-electron chi connectivity index (χ0n) is 14.0. The van der Waals surface area contributed by atoms with Gasteiger partial charge in [-0.05, 0) is 42.0 Å². The third kappa shape index (κ3) is 3.58. The van der Waals surface area contributed by atoms with Crippen LogP contribution in [0.1, 0.15) is 15.9 Å². The van der Waals surface area contributed by atoms with Crippen LogP contribution in [0, 0.1) is 11.3 Å². The number of carboxylic acid groups (broad SMARTS) is 1. The second kappa shape index (κ2) is 7.55. The van der Waals surface area contributed by atoms with Gasteiger partial charge in [-0.3, -0.25) is 0 Å². The minimum Gasteiger partial charge on any atom is -0.478 e. The molecule has 0 amide bonds. The molecule has 0 unspecified atom stereocenters. The van der Waals surface area contributed by atoms with E-state index in [9.17, 15) is 10.1 Å². The Hall–Kier alpha value is -3.56. The summed E-state index contributed by atoms with van der Waals surface area (Å²) in [5.74, 6) is -0.331. The quantitative estimate of drug-likeness (QED) is 0.687. The predicted octanol–water partition coefficient (Wildman–Crippen LogP) is 3.70. The van der Waals surface area contributed by atoms with Crippen molar-refractivity contribution in [3.63, 3.8) is 0 Å². The summed E-state index contributed by atoms with van der Waals surface area (Å²) in [7, 11) is 1.55. The highest BCUT2D eigenvalue weighted by atomic mass is 16.7. The van der Waals surface area contributed by atoms with Gasteiger partial charge >= 0.3 is 5.97 Å². The van der Waals surface area contributed by atoms with Gasteiger partial charge in [0.05, 0.1) is 11.1 Å². The first-order chi connectivity index (χ1) is 12.6. The van der Waals surface area contributed by atoms with Gasteiger partial charge in [0.2, 0.25) is 0 Å². The number of methoxy groups -OCH3 is 1. The maximum absolute atomic E-state index is 11.0. The van der Waals surface area contributed by atoms with Gasteiger partial charge in [0.1, 0.15) is 11.8 Å². The van der Waals surface area contributed by atoms with Crippen LogP contribution in [0.2, 0.25) is 0 Å². The van der Waals surface area contributed by atoms with Crippen LogP contribution in [0.3, 0.4) is 0 Å². The minimum absolute atomic E-state index is 0.144. The van der Waals surface area contributed by atoms with Crippen molar-refractivity contribution in [2.45, 2.75) is 0 Å². The number of hydrogen-bond acceptors (Lipinski definition) is 4. The van der Waals surface area contributed by atoms with E-state index in [-0.39, 0.29) is 12.4 Å². The van der Waals surface area contributed by atoms with Crippen LogP contribution in [0.15, 0.2) is 60.9 Å². The van der Waals surface area contributed by atoms with Gasteiger partial charge in [0, 0.05) is 30.8 Å². The molecule has 26 heavy (non-hydrogen) atoms. The van der Waals surface area contributed by atoms with Gasteiger partial charge in [-0.2, -0.15) is 5.26 Å². The van der Waals surface area contributed by atoms with E-state index in [0.717, 1.165) is 16.8 Å². The van der Waals surface area contributed by atoms with Crippen LogP contribution in [0.4, 0.5) is 0 Å².